The fourth-order valence-electron chi connectivity index (χ4n) is 5.25. The average Bonchev–Trinajstić information content (AvgIpc) is 2.75. The Morgan fingerprint density at radius 2 is 1.03 bits per heavy atom. The van der Waals surface area contributed by atoms with Crippen molar-refractivity contribution in [3.8, 4) is 0 Å². The highest BCUT2D eigenvalue weighted by molar-refractivity contribution is 6.84. The number of hydrogen-bond donors (Lipinski definition) is 4. The molecule has 2 rings (SSSR count). The molecule has 0 radical (unpaired) electrons. The highest BCUT2D eigenvalue weighted by Gasteiger charge is 2.32. The van der Waals surface area contributed by atoms with Gasteiger partial charge in [0.1, 0.15) is 0 Å². The van der Waals surface area contributed by atoms with E-state index in [0.717, 1.165) is 50.6 Å². The molecule has 0 heterocycles. The summed E-state index contributed by atoms with van der Waals surface area (Å²) in [7, 11) is -3.55. The molecule has 2 aliphatic carbocycles. The van der Waals surface area contributed by atoms with Gasteiger partial charge in [0.05, 0.1) is 0 Å². The van der Waals surface area contributed by atoms with Crippen molar-refractivity contribution < 1.29 is 13.7 Å². The van der Waals surface area contributed by atoms with Crippen molar-refractivity contribution in [3.05, 3.63) is 0 Å². The molecule has 192 valence electrons. The van der Waals surface area contributed by atoms with Crippen molar-refractivity contribution in [2.24, 2.45) is 0 Å². The van der Waals surface area contributed by atoms with Crippen molar-refractivity contribution in [1.29, 1.82) is 0 Å². The predicted octanol–water partition coefficient (Wildman–Crippen LogP) is 5.46. The Kier molecular flexibility index (Phi) is 12.3. The van der Waals surface area contributed by atoms with E-state index >= 15 is 0 Å². The van der Waals surface area contributed by atoms with Gasteiger partial charge in [-0.15, -0.1) is 0 Å². The molecule has 0 aromatic heterocycles. The molecule has 0 atom stereocenters. The van der Waals surface area contributed by atoms with Crippen molar-refractivity contribution >= 4 is 28.7 Å². The third-order valence-corrected chi connectivity index (χ3v) is 14.5. The fraction of sp³-hybridized carbons (Fsp3) is 0.917. The molecule has 2 saturated carbocycles. The van der Waals surface area contributed by atoms with Gasteiger partial charge in [0.2, 0.25) is 0 Å². The summed E-state index contributed by atoms with van der Waals surface area (Å²) in [6, 6.07) is 2.78. The Labute approximate surface area is 204 Å². The van der Waals surface area contributed by atoms with Gasteiger partial charge in [-0.3, -0.25) is 0 Å². The maximum atomic E-state index is 12.1. The second-order valence-electron chi connectivity index (χ2n) is 11.3. The van der Waals surface area contributed by atoms with E-state index in [4.69, 9.17) is 4.12 Å². The zero-order valence-corrected chi connectivity index (χ0v) is 23.7. The number of carbonyl (C=O) groups is 2. The topological polar surface area (TPSA) is 91.5 Å². The van der Waals surface area contributed by atoms with Gasteiger partial charge < -0.3 is 25.4 Å². The number of urea groups is 2. The average molecular weight is 499 g/mol. The lowest BCUT2D eigenvalue weighted by atomic mass is 9.96. The van der Waals surface area contributed by atoms with E-state index in [1.807, 2.05) is 0 Å². The van der Waals surface area contributed by atoms with Crippen molar-refractivity contribution in [2.75, 3.05) is 13.1 Å². The zero-order chi connectivity index (χ0) is 24.2. The minimum atomic E-state index is -1.77. The molecular formula is C24H50N4O3Si2. The summed E-state index contributed by atoms with van der Waals surface area (Å²) in [5, 5.41) is 12.3. The monoisotopic (exact) mass is 498 g/mol. The van der Waals surface area contributed by atoms with Gasteiger partial charge in [0.25, 0.3) is 0 Å². The number of carbonyl (C=O) groups excluding carboxylic acids is 2. The van der Waals surface area contributed by atoms with Crippen LogP contribution in [0, 0.1) is 0 Å². The van der Waals surface area contributed by atoms with Gasteiger partial charge in [-0.1, -0.05) is 38.5 Å². The van der Waals surface area contributed by atoms with Gasteiger partial charge in [0, 0.05) is 25.2 Å². The van der Waals surface area contributed by atoms with Crippen LogP contribution in [0.4, 0.5) is 9.59 Å². The van der Waals surface area contributed by atoms with Crippen LogP contribution in [0.1, 0.15) is 77.0 Å². The number of rotatable bonds is 12. The molecule has 0 aromatic rings. The summed E-state index contributed by atoms with van der Waals surface area (Å²) < 4.78 is 6.70. The fourth-order valence-corrected chi connectivity index (χ4v) is 14.1. The largest absolute Gasteiger partial charge is 0.455 e. The molecule has 2 aliphatic rings. The van der Waals surface area contributed by atoms with Gasteiger partial charge in [-0.25, -0.2) is 9.59 Å². The summed E-state index contributed by atoms with van der Waals surface area (Å²) in [4.78, 5) is 24.2. The molecule has 0 saturated heterocycles. The maximum absolute atomic E-state index is 12.1. The second-order valence-corrected chi connectivity index (χ2v) is 20.2. The predicted molar refractivity (Wildman–Crippen MR) is 142 cm³/mol. The maximum Gasteiger partial charge on any atom is 0.315 e. The van der Waals surface area contributed by atoms with Gasteiger partial charge in [0.15, 0.2) is 16.6 Å². The van der Waals surface area contributed by atoms with Crippen LogP contribution in [0.2, 0.25) is 38.3 Å². The van der Waals surface area contributed by atoms with Gasteiger partial charge in [-0.05, 0) is 76.8 Å². The van der Waals surface area contributed by atoms with E-state index in [0.29, 0.717) is 25.2 Å². The second kappa shape index (κ2) is 14.4. The Morgan fingerprint density at radius 3 is 1.39 bits per heavy atom. The van der Waals surface area contributed by atoms with Crippen LogP contribution in [0.3, 0.4) is 0 Å². The highest BCUT2D eigenvalue weighted by atomic mass is 28.4. The molecule has 0 aliphatic heterocycles. The van der Waals surface area contributed by atoms with Gasteiger partial charge >= 0.3 is 12.1 Å². The van der Waals surface area contributed by atoms with Crippen LogP contribution < -0.4 is 21.3 Å². The summed E-state index contributed by atoms with van der Waals surface area (Å²) >= 11 is 0. The normalized spacial score (nSPS) is 18.5. The van der Waals surface area contributed by atoms with E-state index in [2.05, 4.69) is 47.5 Å². The molecule has 33 heavy (non-hydrogen) atoms. The lowest BCUT2D eigenvalue weighted by Crippen LogP contribution is -2.46. The molecule has 0 aromatic carbocycles. The third-order valence-electron chi connectivity index (χ3n) is 6.92. The first-order valence-electron chi connectivity index (χ1n) is 13.4. The first-order valence-corrected chi connectivity index (χ1v) is 19.7. The Morgan fingerprint density at radius 1 is 0.667 bits per heavy atom. The lowest BCUT2D eigenvalue weighted by molar-refractivity contribution is 0.232. The minimum Gasteiger partial charge on any atom is -0.455 e. The molecule has 0 unspecified atom stereocenters. The molecule has 2 fully saturated rings. The van der Waals surface area contributed by atoms with Crippen LogP contribution in [-0.4, -0.2) is 53.9 Å². The number of nitrogens with one attached hydrogen (secondary N) is 4. The van der Waals surface area contributed by atoms with E-state index in [9.17, 15) is 9.59 Å². The van der Waals surface area contributed by atoms with Crippen molar-refractivity contribution in [2.45, 2.75) is 127 Å². The molecular weight excluding hydrogens is 448 g/mol. The SMILES string of the molecule is C[Si](C)(CCCNC(=O)NC1CCCCC1)O[Si](C)(C)CCCNC(=O)NC1CCCCC1. The van der Waals surface area contributed by atoms with Crippen LogP contribution in [-0.2, 0) is 4.12 Å². The summed E-state index contributed by atoms with van der Waals surface area (Å²) in [5.41, 5.74) is 0. The van der Waals surface area contributed by atoms with Crippen molar-refractivity contribution in [3.63, 3.8) is 0 Å². The first-order chi connectivity index (χ1) is 15.7. The molecule has 7 nitrogen and oxygen atoms in total. The van der Waals surface area contributed by atoms with Crippen LogP contribution in [0.15, 0.2) is 0 Å². The Hall–Kier alpha value is -1.07. The zero-order valence-electron chi connectivity index (χ0n) is 21.7. The summed E-state index contributed by atoms with van der Waals surface area (Å²) in [6.45, 7) is 10.6. The van der Waals surface area contributed by atoms with Crippen LogP contribution >= 0.6 is 0 Å². The molecule has 9 heteroatoms. The summed E-state index contributed by atoms with van der Waals surface area (Å²) in [6.07, 6.45) is 13.9. The Balaban J connectivity index is 1.54. The molecule has 0 spiro atoms. The van der Waals surface area contributed by atoms with E-state index in [1.165, 1.54) is 38.5 Å². The third kappa shape index (κ3) is 12.8. The molecule has 4 N–H and O–H groups in total. The van der Waals surface area contributed by atoms with E-state index in [1.54, 1.807) is 0 Å². The lowest BCUT2D eigenvalue weighted by Gasteiger charge is -2.34. The van der Waals surface area contributed by atoms with Crippen LogP contribution in [0.5, 0.6) is 0 Å². The summed E-state index contributed by atoms with van der Waals surface area (Å²) in [5.74, 6) is 0. The standard InChI is InChI=1S/C24H50N4O3Si2/c1-32(2,19-11-17-25-23(29)27-21-13-7-5-8-14-21)31-33(3,4)20-12-18-26-24(30)28-22-15-9-6-10-16-22/h21-22H,5-20H2,1-4H3,(H2,25,27,29)(H2,26,28,30). The number of amides is 4. The quantitative estimate of drug-likeness (QED) is 0.213. The van der Waals surface area contributed by atoms with Crippen molar-refractivity contribution in [1.82, 2.24) is 21.3 Å². The molecule has 0 bridgehead atoms. The minimum absolute atomic E-state index is 0.0166. The van der Waals surface area contributed by atoms with Gasteiger partial charge in [-0.2, -0.15) is 0 Å². The number of hydrogen-bond acceptors (Lipinski definition) is 3. The van der Waals surface area contributed by atoms with E-state index < -0.39 is 16.6 Å². The smallest absolute Gasteiger partial charge is 0.315 e. The molecule has 4 amide bonds. The van der Waals surface area contributed by atoms with E-state index in [-0.39, 0.29) is 12.1 Å². The Bertz CT molecular complexity index is 542. The first kappa shape index (κ1) is 28.2. The highest BCUT2D eigenvalue weighted by Crippen LogP contribution is 2.23. The van der Waals surface area contributed by atoms with Crippen LogP contribution in [0.25, 0.3) is 0 Å².